The van der Waals surface area contributed by atoms with E-state index in [1.54, 1.807) is 22.7 Å². The molecule has 1 fully saturated rings. The van der Waals surface area contributed by atoms with Gasteiger partial charge in [-0.1, -0.05) is 13.0 Å². The molecular weight excluding hydrogens is 276 g/mol. The van der Waals surface area contributed by atoms with E-state index >= 15 is 0 Å². The first-order valence-corrected chi connectivity index (χ1v) is 8.33. The smallest absolute Gasteiger partial charge is 0.260 e. The zero-order chi connectivity index (χ0) is 14.2. The Balaban J connectivity index is 2.09. The van der Waals surface area contributed by atoms with Crippen LogP contribution in [0, 0.1) is 0 Å². The van der Waals surface area contributed by atoms with E-state index in [1.807, 2.05) is 13.0 Å². The molecule has 0 spiro atoms. The molecule has 7 heteroatoms. The molecule has 0 aliphatic heterocycles. The van der Waals surface area contributed by atoms with E-state index in [4.69, 9.17) is 0 Å². The van der Waals surface area contributed by atoms with Crippen LogP contribution in [0.1, 0.15) is 26.2 Å². The maximum Gasteiger partial charge on any atom is 0.260 e. The Kier molecular flexibility index (Phi) is 3.39. The number of rotatable bonds is 6. The average molecular weight is 294 g/mol. The first-order chi connectivity index (χ1) is 9.62. The van der Waals surface area contributed by atoms with E-state index in [-0.39, 0.29) is 11.1 Å². The van der Waals surface area contributed by atoms with Gasteiger partial charge in [0.25, 0.3) is 10.0 Å². The molecule has 0 amide bonds. The van der Waals surface area contributed by atoms with E-state index < -0.39 is 10.0 Å². The Morgan fingerprint density at radius 1 is 1.40 bits per heavy atom. The minimum Gasteiger partial charge on any atom is -0.368 e. The fraction of sp³-hybridized carbons (Fsp3) is 0.462. The summed E-state index contributed by atoms with van der Waals surface area (Å²) in [5.74, 6) is 0.422. The first-order valence-electron chi connectivity index (χ1n) is 6.85. The van der Waals surface area contributed by atoms with Crippen LogP contribution in [-0.2, 0) is 10.0 Å². The van der Waals surface area contributed by atoms with Crippen molar-refractivity contribution in [3.8, 4) is 0 Å². The number of anilines is 1. The number of sulfonamides is 1. The minimum absolute atomic E-state index is 0.0771. The molecule has 2 heterocycles. The number of fused-ring (bicyclic) bond motifs is 1. The van der Waals surface area contributed by atoms with Crippen molar-refractivity contribution >= 4 is 21.5 Å². The highest BCUT2D eigenvalue weighted by atomic mass is 32.2. The second-order valence-electron chi connectivity index (χ2n) is 5.02. The average Bonchev–Trinajstić information content (AvgIpc) is 3.12. The van der Waals surface area contributed by atoms with Crippen LogP contribution in [-0.4, -0.2) is 30.4 Å². The molecule has 1 aliphatic carbocycles. The van der Waals surface area contributed by atoms with E-state index in [9.17, 15) is 8.42 Å². The second-order valence-corrected chi connectivity index (χ2v) is 6.65. The Labute approximate surface area is 118 Å². The predicted octanol–water partition coefficient (Wildman–Crippen LogP) is 1.60. The van der Waals surface area contributed by atoms with Crippen molar-refractivity contribution < 1.29 is 8.42 Å². The third-order valence-corrected chi connectivity index (χ3v) is 4.73. The van der Waals surface area contributed by atoms with Gasteiger partial charge in [0.2, 0.25) is 0 Å². The van der Waals surface area contributed by atoms with Crippen molar-refractivity contribution in [1.29, 1.82) is 0 Å². The van der Waals surface area contributed by atoms with Crippen LogP contribution >= 0.6 is 0 Å². The summed E-state index contributed by atoms with van der Waals surface area (Å²) >= 11 is 0. The van der Waals surface area contributed by atoms with Gasteiger partial charge in [0, 0.05) is 18.8 Å². The van der Waals surface area contributed by atoms with E-state index in [0.29, 0.717) is 18.0 Å². The molecule has 2 aromatic heterocycles. The zero-order valence-corrected chi connectivity index (χ0v) is 12.2. The lowest BCUT2D eigenvalue weighted by atomic mass is 10.5. The SMILES string of the molecule is CCCNc1nc2ccccn2c1S(=O)(=O)NC1CC1. The van der Waals surface area contributed by atoms with E-state index in [1.165, 1.54) is 0 Å². The van der Waals surface area contributed by atoms with Crippen molar-refractivity contribution in [2.45, 2.75) is 37.3 Å². The van der Waals surface area contributed by atoms with Crippen LogP contribution in [0.3, 0.4) is 0 Å². The number of hydrogen-bond donors (Lipinski definition) is 2. The monoisotopic (exact) mass is 294 g/mol. The Morgan fingerprint density at radius 3 is 2.90 bits per heavy atom. The highest BCUT2D eigenvalue weighted by Crippen LogP contribution is 2.26. The Morgan fingerprint density at radius 2 is 2.20 bits per heavy atom. The summed E-state index contributed by atoms with van der Waals surface area (Å²) < 4.78 is 29.4. The van der Waals surface area contributed by atoms with Crippen molar-refractivity contribution in [3.63, 3.8) is 0 Å². The standard InChI is InChI=1S/C13H18N4O2S/c1-2-8-14-12-13(20(18,19)16-10-6-7-10)17-9-4-3-5-11(17)15-12/h3-5,9-10,14,16H,2,6-8H2,1H3. The van der Waals surface area contributed by atoms with Gasteiger partial charge in [-0.3, -0.25) is 4.40 Å². The van der Waals surface area contributed by atoms with Gasteiger partial charge in [0.05, 0.1) is 0 Å². The highest BCUT2D eigenvalue weighted by Gasteiger charge is 2.32. The molecule has 1 saturated carbocycles. The third-order valence-electron chi connectivity index (χ3n) is 3.18. The molecule has 3 rings (SSSR count). The Bertz CT molecular complexity index is 719. The number of aromatic nitrogens is 2. The van der Waals surface area contributed by atoms with Crippen LogP contribution in [0.25, 0.3) is 5.65 Å². The van der Waals surface area contributed by atoms with Crippen molar-refractivity contribution in [2.75, 3.05) is 11.9 Å². The summed E-state index contributed by atoms with van der Waals surface area (Å²) in [6, 6.07) is 5.52. The first kappa shape index (κ1) is 13.4. The highest BCUT2D eigenvalue weighted by molar-refractivity contribution is 7.89. The summed E-state index contributed by atoms with van der Waals surface area (Å²) in [6.07, 6.45) is 4.45. The van der Waals surface area contributed by atoms with Gasteiger partial charge in [-0.2, -0.15) is 0 Å². The fourth-order valence-electron chi connectivity index (χ4n) is 2.07. The molecule has 108 valence electrons. The number of hydrogen-bond acceptors (Lipinski definition) is 4. The van der Waals surface area contributed by atoms with Crippen LogP contribution in [0.15, 0.2) is 29.4 Å². The quantitative estimate of drug-likeness (QED) is 0.848. The molecule has 6 nitrogen and oxygen atoms in total. The number of imidazole rings is 1. The molecule has 2 N–H and O–H groups in total. The lowest BCUT2D eigenvalue weighted by molar-refractivity contribution is 0.576. The molecular formula is C13H18N4O2S. The van der Waals surface area contributed by atoms with Crippen molar-refractivity contribution in [3.05, 3.63) is 24.4 Å². The van der Waals surface area contributed by atoms with Gasteiger partial charge in [-0.25, -0.2) is 18.1 Å². The van der Waals surface area contributed by atoms with Crippen molar-refractivity contribution in [2.24, 2.45) is 0 Å². The molecule has 0 unspecified atom stereocenters. The van der Waals surface area contributed by atoms with Gasteiger partial charge in [-0.05, 0) is 31.4 Å². The summed E-state index contributed by atoms with van der Waals surface area (Å²) in [5.41, 5.74) is 0.627. The molecule has 0 radical (unpaired) electrons. The lowest BCUT2D eigenvalue weighted by Crippen LogP contribution is -2.27. The van der Waals surface area contributed by atoms with E-state index in [2.05, 4.69) is 15.0 Å². The summed E-state index contributed by atoms with van der Waals surface area (Å²) in [6.45, 7) is 2.72. The van der Waals surface area contributed by atoms with Crippen molar-refractivity contribution in [1.82, 2.24) is 14.1 Å². The summed E-state index contributed by atoms with van der Waals surface area (Å²) in [5, 5.41) is 3.30. The number of nitrogens with zero attached hydrogens (tertiary/aromatic N) is 2. The van der Waals surface area contributed by atoms with Crippen LogP contribution in [0.2, 0.25) is 0 Å². The minimum atomic E-state index is -3.55. The summed E-state index contributed by atoms with van der Waals surface area (Å²) in [7, 11) is -3.55. The second kappa shape index (κ2) is 5.06. The molecule has 1 aliphatic rings. The molecule has 20 heavy (non-hydrogen) atoms. The molecule has 2 aromatic rings. The molecule has 0 aromatic carbocycles. The predicted molar refractivity (Wildman–Crippen MR) is 77.3 cm³/mol. The Hall–Kier alpha value is -1.60. The zero-order valence-electron chi connectivity index (χ0n) is 11.3. The number of nitrogens with one attached hydrogen (secondary N) is 2. The van der Waals surface area contributed by atoms with Crippen LogP contribution in [0.5, 0.6) is 0 Å². The number of pyridine rings is 1. The van der Waals surface area contributed by atoms with Crippen LogP contribution < -0.4 is 10.0 Å². The normalized spacial score (nSPS) is 15.7. The van der Waals surface area contributed by atoms with Gasteiger partial charge in [0.1, 0.15) is 5.65 Å². The molecule has 0 bridgehead atoms. The summed E-state index contributed by atoms with van der Waals surface area (Å²) in [4.78, 5) is 4.38. The topological polar surface area (TPSA) is 75.5 Å². The third kappa shape index (κ3) is 2.51. The fourth-order valence-corrected chi connectivity index (χ4v) is 3.64. The van der Waals surface area contributed by atoms with Gasteiger partial charge < -0.3 is 5.32 Å². The maximum absolute atomic E-state index is 12.5. The van der Waals surface area contributed by atoms with Crippen LogP contribution in [0.4, 0.5) is 5.82 Å². The van der Waals surface area contributed by atoms with Gasteiger partial charge in [0.15, 0.2) is 10.8 Å². The lowest BCUT2D eigenvalue weighted by Gasteiger charge is -2.08. The molecule has 0 atom stereocenters. The van der Waals surface area contributed by atoms with Gasteiger partial charge >= 0.3 is 0 Å². The van der Waals surface area contributed by atoms with Gasteiger partial charge in [-0.15, -0.1) is 0 Å². The largest absolute Gasteiger partial charge is 0.368 e. The molecule has 0 saturated heterocycles. The van der Waals surface area contributed by atoms with E-state index in [0.717, 1.165) is 19.3 Å². The maximum atomic E-state index is 12.5.